The van der Waals surface area contributed by atoms with Crippen molar-refractivity contribution < 1.29 is 32.6 Å². The van der Waals surface area contributed by atoms with Gasteiger partial charge in [-0.1, -0.05) is 17.7 Å². The van der Waals surface area contributed by atoms with Crippen LogP contribution in [0.4, 0.5) is 8.78 Å². The lowest BCUT2D eigenvalue weighted by molar-refractivity contribution is -0.124. The number of aromatic nitrogens is 1. The number of nitrogens with zero attached hydrogens (tertiary/aromatic N) is 1. The van der Waals surface area contributed by atoms with Crippen molar-refractivity contribution in [3.05, 3.63) is 52.8 Å². The van der Waals surface area contributed by atoms with Gasteiger partial charge < -0.3 is 19.5 Å². The third kappa shape index (κ3) is 6.37. The van der Waals surface area contributed by atoms with Gasteiger partial charge in [-0.25, -0.2) is 9.78 Å². The van der Waals surface area contributed by atoms with Crippen molar-refractivity contribution in [3.8, 4) is 11.5 Å². The number of alkyl halides is 2. The van der Waals surface area contributed by atoms with Crippen molar-refractivity contribution in [1.82, 2.24) is 10.3 Å². The first-order chi connectivity index (χ1) is 12.9. The second kappa shape index (κ2) is 9.67. The molecule has 1 aromatic carbocycles. The molecule has 27 heavy (non-hydrogen) atoms. The molecule has 0 spiro atoms. The number of hydrogen-bond acceptors (Lipinski definition) is 6. The summed E-state index contributed by atoms with van der Waals surface area (Å²) in [6.07, 6.45) is 1.34. The summed E-state index contributed by atoms with van der Waals surface area (Å²) in [5.74, 6) is -1.37. The van der Waals surface area contributed by atoms with Crippen molar-refractivity contribution in [2.45, 2.75) is 13.2 Å². The van der Waals surface area contributed by atoms with Crippen molar-refractivity contribution >= 4 is 23.5 Å². The van der Waals surface area contributed by atoms with Crippen LogP contribution >= 0.6 is 11.6 Å². The second-order valence-corrected chi connectivity index (χ2v) is 5.51. The number of benzene rings is 1. The van der Waals surface area contributed by atoms with Gasteiger partial charge in [0.25, 0.3) is 5.91 Å². The summed E-state index contributed by atoms with van der Waals surface area (Å²) < 4.78 is 38.7. The number of ether oxygens (including phenoxy) is 3. The number of carbonyl (C=O) groups excluding carboxylic acids is 2. The highest BCUT2D eigenvalue weighted by Crippen LogP contribution is 2.29. The molecule has 0 fully saturated rings. The van der Waals surface area contributed by atoms with Gasteiger partial charge in [0.1, 0.15) is 5.69 Å². The highest BCUT2D eigenvalue weighted by atomic mass is 35.5. The average molecular weight is 401 g/mol. The molecule has 0 saturated heterocycles. The quantitative estimate of drug-likeness (QED) is 0.686. The molecule has 0 aliphatic carbocycles. The fraction of sp³-hybridized carbons (Fsp3) is 0.235. The second-order valence-electron chi connectivity index (χ2n) is 5.08. The van der Waals surface area contributed by atoms with E-state index in [1.807, 2.05) is 0 Å². The monoisotopic (exact) mass is 400 g/mol. The Morgan fingerprint density at radius 1 is 1.22 bits per heavy atom. The molecular weight excluding hydrogens is 386 g/mol. The van der Waals surface area contributed by atoms with Crippen LogP contribution < -0.4 is 14.8 Å². The highest BCUT2D eigenvalue weighted by molar-refractivity contribution is 6.30. The summed E-state index contributed by atoms with van der Waals surface area (Å²) in [6, 6.07) is 7.05. The van der Waals surface area contributed by atoms with Crippen LogP contribution in [0.1, 0.15) is 16.1 Å². The third-order valence-electron chi connectivity index (χ3n) is 3.20. The third-order valence-corrected chi connectivity index (χ3v) is 3.43. The van der Waals surface area contributed by atoms with Gasteiger partial charge in [0.05, 0.1) is 7.11 Å². The van der Waals surface area contributed by atoms with Gasteiger partial charge in [-0.2, -0.15) is 8.78 Å². The zero-order chi connectivity index (χ0) is 19.8. The van der Waals surface area contributed by atoms with Gasteiger partial charge in [0.15, 0.2) is 18.1 Å². The lowest BCUT2D eigenvalue weighted by Gasteiger charge is -2.12. The Hall–Kier alpha value is -2.94. The van der Waals surface area contributed by atoms with Crippen LogP contribution in [0.5, 0.6) is 11.5 Å². The molecule has 1 amide bonds. The highest BCUT2D eigenvalue weighted by Gasteiger charge is 2.13. The smallest absolute Gasteiger partial charge is 0.387 e. The maximum Gasteiger partial charge on any atom is 0.387 e. The van der Waals surface area contributed by atoms with Crippen molar-refractivity contribution in [2.75, 3.05) is 13.7 Å². The maximum absolute atomic E-state index is 12.3. The number of pyridine rings is 1. The molecule has 1 heterocycles. The SMILES string of the molecule is COc1cc(CNC(=O)COC(=O)c2cc(Cl)ccn2)ccc1OC(F)F. The standard InChI is InChI=1S/C17H15ClF2N2O5/c1-25-14-6-10(2-3-13(14)27-17(19)20)8-22-15(23)9-26-16(24)12-7-11(18)4-5-21-12/h2-7,17H,8-9H2,1H3,(H,22,23). The minimum Gasteiger partial charge on any atom is -0.493 e. The Kier molecular flexibility index (Phi) is 7.30. The van der Waals surface area contributed by atoms with Crippen LogP contribution in [0.25, 0.3) is 0 Å². The number of methoxy groups -OCH3 is 1. The summed E-state index contributed by atoms with van der Waals surface area (Å²) in [6.45, 7) is -3.43. The molecule has 144 valence electrons. The van der Waals surface area contributed by atoms with Crippen LogP contribution in [0.3, 0.4) is 0 Å². The van der Waals surface area contributed by atoms with Crippen LogP contribution in [-0.2, 0) is 16.1 Å². The summed E-state index contributed by atoms with van der Waals surface area (Å²) >= 11 is 5.74. The van der Waals surface area contributed by atoms with E-state index >= 15 is 0 Å². The van der Waals surface area contributed by atoms with Gasteiger partial charge in [0.2, 0.25) is 0 Å². The number of rotatable bonds is 8. The Bertz CT molecular complexity index is 820. The molecule has 0 aliphatic rings. The van der Waals surface area contributed by atoms with Crippen molar-refractivity contribution in [2.24, 2.45) is 0 Å². The molecule has 0 aliphatic heterocycles. The van der Waals surface area contributed by atoms with Gasteiger partial charge in [-0.3, -0.25) is 4.79 Å². The Balaban J connectivity index is 1.85. The van der Waals surface area contributed by atoms with E-state index < -0.39 is 25.1 Å². The molecule has 0 atom stereocenters. The fourth-order valence-corrected chi connectivity index (χ4v) is 2.15. The maximum atomic E-state index is 12.3. The predicted molar refractivity (Wildman–Crippen MR) is 91.0 cm³/mol. The van der Waals surface area contributed by atoms with E-state index in [0.29, 0.717) is 10.6 Å². The molecule has 0 saturated carbocycles. The van der Waals surface area contributed by atoms with E-state index in [4.69, 9.17) is 21.1 Å². The number of hydrogen-bond donors (Lipinski definition) is 1. The normalized spacial score (nSPS) is 10.4. The van der Waals surface area contributed by atoms with E-state index in [-0.39, 0.29) is 23.7 Å². The summed E-state index contributed by atoms with van der Waals surface area (Å²) in [4.78, 5) is 27.4. The molecule has 0 unspecified atom stereocenters. The molecule has 1 N–H and O–H groups in total. The molecule has 0 radical (unpaired) electrons. The Morgan fingerprint density at radius 3 is 2.67 bits per heavy atom. The van der Waals surface area contributed by atoms with Gasteiger partial charge in [0, 0.05) is 17.8 Å². The first-order valence-corrected chi connectivity index (χ1v) is 7.94. The number of esters is 1. The van der Waals surface area contributed by atoms with E-state index in [0.717, 1.165) is 0 Å². The number of carbonyl (C=O) groups is 2. The Morgan fingerprint density at radius 2 is 2.00 bits per heavy atom. The molecule has 7 nitrogen and oxygen atoms in total. The minimum absolute atomic E-state index is 0.0188. The predicted octanol–water partition coefficient (Wildman–Crippen LogP) is 2.82. The zero-order valence-corrected chi connectivity index (χ0v) is 14.8. The number of amides is 1. The molecule has 1 aromatic heterocycles. The summed E-state index contributed by atoms with van der Waals surface area (Å²) in [5.41, 5.74) is 0.555. The van der Waals surface area contributed by atoms with E-state index in [2.05, 4.69) is 15.0 Å². The average Bonchev–Trinajstić information content (AvgIpc) is 2.64. The lowest BCUT2D eigenvalue weighted by atomic mass is 10.2. The van der Waals surface area contributed by atoms with Crippen LogP contribution in [-0.4, -0.2) is 37.2 Å². The summed E-state index contributed by atoms with van der Waals surface area (Å²) in [7, 11) is 1.30. The molecular formula is C17H15ClF2N2O5. The van der Waals surface area contributed by atoms with E-state index in [1.54, 1.807) is 0 Å². The minimum atomic E-state index is -2.98. The van der Waals surface area contributed by atoms with Gasteiger partial charge in [-0.05, 0) is 29.8 Å². The first kappa shape index (κ1) is 20.4. The number of halogens is 3. The van der Waals surface area contributed by atoms with Crippen molar-refractivity contribution in [3.63, 3.8) is 0 Å². The van der Waals surface area contributed by atoms with Gasteiger partial charge in [-0.15, -0.1) is 0 Å². The Labute approximate surface area is 158 Å². The first-order valence-electron chi connectivity index (χ1n) is 7.56. The van der Waals surface area contributed by atoms with E-state index in [1.165, 1.54) is 43.6 Å². The molecule has 2 aromatic rings. The number of nitrogens with one attached hydrogen (secondary N) is 1. The van der Waals surface area contributed by atoms with Crippen LogP contribution in [0.2, 0.25) is 5.02 Å². The van der Waals surface area contributed by atoms with Crippen molar-refractivity contribution in [1.29, 1.82) is 0 Å². The fourth-order valence-electron chi connectivity index (χ4n) is 1.99. The van der Waals surface area contributed by atoms with E-state index in [9.17, 15) is 18.4 Å². The molecule has 0 bridgehead atoms. The molecule has 10 heteroatoms. The summed E-state index contributed by atoms with van der Waals surface area (Å²) in [5, 5.41) is 2.84. The lowest BCUT2D eigenvalue weighted by Crippen LogP contribution is -2.28. The van der Waals surface area contributed by atoms with Gasteiger partial charge >= 0.3 is 12.6 Å². The van der Waals surface area contributed by atoms with Crippen LogP contribution in [0.15, 0.2) is 36.5 Å². The van der Waals surface area contributed by atoms with Crippen LogP contribution in [0, 0.1) is 0 Å². The topological polar surface area (TPSA) is 86.8 Å². The molecule has 2 rings (SSSR count). The largest absolute Gasteiger partial charge is 0.493 e. The zero-order valence-electron chi connectivity index (χ0n) is 14.1.